The first kappa shape index (κ1) is 14.0. The van der Waals surface area contributed by atoms with Crippen molar-refractivity contribution in [2.24, 2.45) is 5.73 Å². The van der Waals surface area contributed by atoms with E-state index in [0.29, 0.717) is 0 Å². The topological polar surface area (TPSA) is 102 Å². The fourth-order valence-electron chi connectivity index (χ4n) is 1.25. The van der Waals surface area contributed by atoms with Gasteiger partial charge in [0.25, 0.3) is 0 Å². The quantitative estimate of drug-likeness (QED) is 0.716. The lowest BCUT2D eigenvalue weighted by atomic mass is 10.1. The molecule has 2 atom stereocenters. The lowest BCUT2D eigenvalue weighted by Gasteiger charge is -2.17. The molecule has 6 heteroatoms. The number of carboxylic acids is 1. The molecule has 1 amide bonds. The van der Waals surface area contributed by atoms with Crippen LogP contribution in [0.15, 0.2) is 30.3 Å². The maximum atomic E-state index is 11.4. The van der Waals surface area contributed by atoms with Crippen molar-refractivity contribution < 1.29 is 19.4 Å². The third kappa shape index (κ3) is 4.42. The number of aliphatic carboxylic acids is 1. The van der Waals surface area contributed by atoms with Gasteiger partial charge in [0.15, 0.2) is 0 Å². The fraction of sp³-hybridized carbons (Fsp3) is 0.333. The molecule has 4 N–H and O–H groups in total. The minimum Gasteiger partial charge on any atom is -0.480 e. The maximum Gasteiger partial charge on any atom is 0.407 e. The highest BCUT2D eigenvalue weighted by atomic mass is 16.5. The molecule has 0 saturated heterocycles. The van der Waals surface area contributed by atoms with Crippen LogP contribution in [0.25, 0.3) is 0 Å². The Hall–Kier alpha value is -2.08. The highest BCUT2D eigenvalue weighted by Crippen LogP contribution is 2.01. The number of rotatable bonds is 5. The van der Waals surface area contributed by atoms with Crippen LogP contribution in [0, 0.1) is 0 Å². The molecule has 6 nitrogen and oxygen atoms in total. The number of carbonyl (C=O) groups excluding carboxylic acids is 1. The molecule has 2 unspecified atom stereocenters. The first-order chi connectivity index (χ1) is 8.50. The zero-order chi connectivity index (χ0) is 13.5. The van der Waals surface area contributed by atoms with Crippen molar-refractivity contribution in [1.29, 1.82) is 0 Å². The molecule has 98 valence electrons. The van der Waals surface area contributed by atoms with E-state index in [1.54, 1.807) is 0 Å². The standard InChI is InChI=1S/C12H16N2O4/c1-8(10(13)11(15)16)14-12(17)18-7-9-5-3-2-4-6-9/h2-6,8,10H,7,13H2,1H3,(H,14,17)(H,15,16). The second-order valence-electron chi connectivity index (χ2n) is 3.86. The van der Waals surface area contributed by atoms with E-state index < -0.39 is 24.1 Å². The molecule has 0 fully saturated rings. The first-order valence-electron chi connectivity index (χ1n) is 5.46. The van der Waals surface area contributed by atoms with E-state index in [4.69, 9.17) is 15.6 Å². The average molecular weight is 252 g/mol. The van der Waals surface area contributed by atoms with Gasteiger partial charge >= 0.3 is 12.1 Å². The number of carbonyl (C=O) groups is 2. The van der Waals surface area contributed by atoms with Crippen molar-refractivity contribution in [1.82, 2.24) is 5.32 Å². The molecule has 0 heterocycles. The molecule has 0 aliphatic carbocycles. The fourth-order valence-corrected chi connectivity index (χ4v) is 1.25. The highest BCUT2D eigenvalue weighted by Gasteiger charge is 2.21. The Morgan fingerprint density at radius 3 is 2.56 bits per heavy atom. The Morgan fingerprint density at radius 1 is 1.39 bits per heavy atom. The van der Waals surface area contributed by atoms with Gasteiger partial charge in [-0.05, 0) is 12.5 Å². The van der Waals surface area contributed by atoms with Gasteiger partial charge in [-0.1, -0.05) is 30.3 Å². The Morgan fingerprint density at radius 2 is 2.00 bits per heavy atom. The van der Waals surface area contributed by atoms with Crippen molar-refractivity contribution in [3.8, 4) is 0 Å². The number of alkyl carbamates (subject to hydrolysis) is 1. The van der Waals surface area contributed by atoms with Crippen LogP contribution in [0.5, 0.6) is 0 Å². The summed E-state index contributed by atoms with van der Waals surface area (Å²) in [6.45, 7) is 1.63. The van der Waals surface area contributed by atoms with E-state index in [0.717, 1.165) is 5.56 Å². The van der Waals surface area contributed by atoms with E-state index in [1.165, 1.54) is 6.92 Å². The summed E-state index contributed by atoms with van der Waals surface area (Å²) in [5, 5.41) is 11.0. The minimum atomic E-state index is -1.18. The summed E-state index contributed by atoms with van der Waals surface area (Å²) in [4.78, 5) is 22.0. The largest absolute Gasteiger partial charge is 0.480 e. The molecule has 1 aromatic carbocycles. The van der Waals surface area contributed by atoms with Crippen LogP contribution in [0.1, 0.15) is 12.5 Å². The van der Waals surface area contributed by atoms with Gasteiger partial charge in [-0.2, -0.15) is 0 Å². The Kier molecular flexibility index (Phi) is 5.13. The van der Waals surface area contributed by atoms with Gasteiger partial charge < -0.3 is 20.9 Å². The highest BCUT2D eigenvalue weighted by molar-refractivity contribution is 5.76. The van der Waals surface area contributed by atoms with Crippen LogP contribution >= 0.6 is 0 Å². The predicted octanol–water partition coefficient (Wildman–Crippen LogP) is 0.713. The lowest BCUT2D eigenvalue weighted by molar-refractivity contribution is -0.139. The predicted molar refractivity (Wildman–Crippen MR) is 64.8 cm³/mol. The third-order valence-electron chi connectivity index (χ3n) is 2.38. The van der Waals surface area contributed by atoms with E-state index in [9.17, 15) is 9.59 Å². The van der Waals surface area contributed by atoms with Gasteiger partial charge in [0.05, 0.1) is 6.04 Å². The second-order valence-corrected chi connectivity index (χ2v) is 3.86. The minimum absolute atomic E-state index is 0.127. The molecular formula is C12H16N2O4. The number of nitrogens with one attached hydrogen (secondary N) is 1. The maximum absolute atomic E-state index is 11.4. The third-order valence-corrected chi connectivity index (χ3v) is 2.38. The van der Waals surface area contributed by atoms with Crippen molar-refractivity contribution in [2.75, 3.05) is 0 Å². The zero-order valence-corrected chi connectivity index (χ0v) is 10.00. The van der Waals surface area contributed by atoms with Gasteiger partial charge in [0.1, 0.15) is 12.6 Å². The molecule has 0 bridgehead atoms. The molecule has 0 radical (unpaired) electrons. The van der Waals surface area contributed by atoms with Crippen LogP contribution in [0.2, 0.25) is 0 Å². The molecule has 0 aromatic heterocycles. The van der Waals surface area contributed by atoms with Crippen LogP contribution in [0.3, 0.4) is 0 Å². The number of amides is 1. The summed E-state index contributed by atoms with van der Waals surface area (Å²) in [7, 11) is 0. The number of ether oxygens (including phenoxy) is 1. The molecular weight excluding hydrogens is 236 g/mol. The molecule has 18 heavy (non-hydrogen) atoms. The monoisotopic (exact) mass is 252 g/mol. The first-order valence-corrected chi connectivity index (χ1v) is 5.46. The van der Waals surface area contributed by atoms with Gasteiger partial charge in [0.2, 0.25) is 0 Å². The van der Waals surface area contributed by atoms with Crippen molar-refractivity contribution in [3.05, 3.63) is 35.9 Å². The number of carboxylic acid groups (broad SMARTS) is 1. The van der Waals surface area contributed by atoms with E-state index >= 15 is 0 Å². The number of hydrogen-bond acceptors (Lipinski definition) is 4. The Labute approximate surface area is 105 Å². The van der Waals surface area contributed by atoms with Gasteiger partial charge in [-0.3, -0.25) is 4.79 Å². The van der Waals surface area contributed by atoms with Crippen molar-refractivity contribution in [2.45, 2.75) is 25.6 Å². The second kappa shape index (κ2) is 6.61. The summed E-state index contributed by atoms with van der Waals surface area (Å²) in [6, 6.07) is 7.30. The summed E-state index contributed by atoms with van der Waals surface area (Å²) in [6.07, 6.45) is -0.692. The zero-order valence-electron chi connectivity index (χ0n) is 10.00. The molecule has 1 aromatic rings. The Bertz CT molecular complexity index is 408. The summed E-state index contributed by atoms with van der Waals surface area (Å²) in [5.74, 6) is -1.18. The average Bonchev–Trinajstić information content (AvgIpc) is 2.36. The number of hydrogen-bond donors (Lipinski definition) is 3. The van der Waals surface area contributed by atoms with Crippen molar-refractivity contribution >= 4 is 12.1 Å². The van der Waals surface area contributed by atoms with Crippen LogP contribution < -0.4 is 11.1 Å². The SMILES string of the molecule is CC(NC(=O)OCc1ccccc1)C(N)C(=O)O. The molecule has 1 rings (SSSR count). The molecule has 0 aliphatic heterocycles. The van der Waals surface area contributed by atoms with E-state index in [1.807, 2.05) is 30.3 Å². The van der Waals surface area contributed by atoms with Crippen LogP contribution in [-0.2, 0) is 16.1 Å². The van der Waals surface area contributed by atoms with Crippen LogP contribution in [-0.4, -0.2) is 29.3 Å². The van der Waals surface area contributed by atoms with Crippen LogP contribution in [0.4, 0.5) is 4.79 Å². The molecule has 0 saturated carbocycles. The summed E-state index contributed by atoms with van der Waals surface area (Å²) < 4.78 is 4.93. The number of benzene rings is 1. The lowest BCUT2D eigenvalue weighted by Crippen LogP contribution is -2.50. The Balaban J connectivity index is 2.36. The molecule has 0 aliphatic rings. The van der Waals surface area contributed by atoms with Gasteiger partial charge in [0, 0.05) is 0 Å². The summed E-state index contributed by atoms with van der Waals surface area (Å²) in [5.41, 5.74) is 6.20. The van der Waals surface area contributed by atoms with E-state index in [2.05, 4.69) is 5.32 Å². The number of nitrogens with two attached hydrogens (primary N) is 1. The van der Waals surface area contributed by atoms with Gasteiger partial charge in [-0.15, -0.1) is 0 Å². The van der Waals surface area contributed by atoms with Crippen molar-refractivity contribution in [3.63, 3.8) is 0 Å². The summed E-state index contributed by atoms with van der Waals surface area (Å²) >= 11 is 0. The smallest absolute Gasteiger partial charge is 0.407 e. The van der Waals surface area contributed by atoms with E-state index in [-0.39, 0.29) is 6.61 Å². The molecule has 0 spiro atoms. The van der Waals surface area contributed by atoms with Gasteiger partial charge in [-0.25, -0.2) is 4.79 Å². The normalized spacial score (nSPS) is 13.4.